The average molecular weight is 289 g/mol. The molecular weight excluding hydrogens is 261 g/mol. The molecule has 0 saturated heterocycles. The van der Waals surface area contributed by atoms with Gasteiger partial charge in [-0.05, 0) is 45.6 Å². The SMILES string of the molecule is CC(C)(C)NC/C(=C/c1ccccc1F)C1CCCCC1. The highest BCUT2D eigenvalue weighted by atomic mass is 19.1. The molecule has 0 atom stereocenters. The number of benzene rings is 1. The third-order valence-corrected chi connectivity index (χ3v) is 4.20. The van der Waals surface area contributed by atoms with Gasteiger partial charge in [-0.2, -0.15) is 0 Å². The summed E-state index contributed by atoms with van der Waals surface area (Å²) in [7, 11) is 0. The van der Waals surface area contributed by atoms with Crippen LogP contribution in [0.3, 0.4) is 0 Å². The smallest absolute Gasteiger partial charge is 0.130 e. The molecule has 1 aromatic rings. The van der Waals surface area contributed by atoms with Gasteiger partial charge in [0, 0.05) is 17.6 Å². The van der Waals surface area contributed by atoms with Crippen molar-refractivity contribution in [3.8, 4) is 0 Å². The van der Waals surface area contributed by atoms with E-state index in [1.807, 2.05) is 12.1 Å². The molecule has 1 nitrogen and oxygen atoms in total. The molecule has 0 amide bonds. The number of halogens is 1. The molecular formula is C19H28FN. The second-order valence-corrected chi connectivity index (χ2v) is 7.18. The average Bonchev–Trinajstić information content (AvgIpc) is 2.45. The summed E-state index contributed by atoms with van der Waals surface area (Å²) in [5, 5.41) is 3.57. The van der Waals surface area contributed by atoms with E-state index in [1.54, 1.807) is 12.1 Å². The monoisotopic (exact) mass is 289 g/mol. The van der Waals surface area contributed by atoms with Crippen LogP contribution in [0.25, 0.3) is 6.08 Å². The molecule has 1 aliphatic carbocycles. The fourth-order valence-electron chi connectivity index (χ4n) is 2.95. The van der Waals surface area contributed by atoms with E-state index in [-0.39, 0.29) is 11.4 Å². The summed E-state index contributed by atoms with van der Waals surface area (Å²) in [6, 6.07) is 7.07. The quantitative estimate of drug-likeness (QED) is 0.805. The van der Waals surface area contributed by atoms with Crippen molar-refractivity contribution < 1.29 is 4.39 Å². The fraction of sp³-hybridized carbons (Fsp3) is 0.579. The number of nitrogens with one attached hydrogen (secondary N) is 1. The van der Waals surface area contributed by atoms with Crippen LogP contribution in [-0.4, -0.2) is 12.1 Å². The lowest BCUT2D eigenvalue weighted by molar-refractivity contribution is 0.378. The molecule has 0 heterocycles. The number of rotatable bonds is 4. The Morgan fingerprint density at radius 2 is 1.86 bits per heavy atom. The Balaban J connectivity index is 2.20. The van der Waals surface area contributed by atoms with E-state index in [0.717, 1.165) is 6.54 Å². The van der Waals surface area contributed by atoms with Crippen molar-refractivity contribution in [2.75, 3.05) is 6.54 Å². The van der Waals surface area contributed by atoms with E-state index in [1.165, 1.54) is 37.7 Å². The topological polar surface area (TPSA) is 12.0 Å². The molecule has 0 unspecified atom stereocenters. The molecule has 0 aliphatic heterocycles. The van der Waals surface area contributed by atoms with Crippen LogP contribution in [0, 0.1) is 11.7 Å². The first kappa shape index (κ1) is 16.2. The van der Waals surface area contributed by atoms with Gasteiger partial charge in [-0.15, -0.1) is 0 Å². The predicted molar refractivity (Wildman–Crippen MR) is 88.7 cm³/mol. The van der Waals surface area contributed by atoms with E-state index in [9.17, 15) is 4.39 Å². The van der Waals surface area contributed by atoms with Gasteiger partial charge in [-0.25, -0.2) is 4.39 Å². The van der Waals surface area contributed by atoms with Crippen LogP contribution in [0.2, 0.25) is 0 Å². The standard InChI is InChI=1S/C19H28FN/c1-19(2,3)21-14-17(15-9-5-4-6-10-15)13-16-11-7-8-12-18(16)20/h7-8,11-13,15,21H,4-6,9-10,14H2,1-3H3/b17-13-. The minimum Gasteiger partial charge on any atom is -0.308 e. The maximum atomic E-state index is 13.9. The van der Waals surface area contributed by atoms with Crippen molar-refractivity contribution in [1.82, 2.24) is 5.32 Å². The van der Waals surface area contributed by atoms with Gasteiger partial charge in [0.05, 0.1) is 0 Å². The van der Waals surface area contributed by atoms with E-state index in [2.05, 4.69) is 32.2 Å². The Kier molecular flexibility index (Phi) is 5.58. The zero-order valence-corrected chi connectivity index (χ0v) is 13.6. The van der Waals surface area contributed by atoms with Crippen LogP contribution in [-0.2, 0) is 0 Å². The van der Waals surface area contributed by atoms with Gasteiger partial charge in [-0.3, -0.25) is 0 Å². The number of hydrogen-bond donors (Lipinski definition) is 1. The second-order valence-electron chi connectivity index (χ2n) is 7.18. The Hall–Kier alpha value is -1.15. The first-order valence-corrected chi connectivity index (χ1v) is 8.16. The van der Waals surface area contributed by atoms with Crippen LogP contribution < -0.4 is 5.32 Å². The summed E-state index contributed by atoms with van der Waals surface area (Å²) in [6.45, 7) is 7.38. The van der Waals surface area contributed by atoms with Gasteiger partial charge >= 0.3 is 0 Å². The Bertz CT molecular complexity index is 479. The maximum Gasteiger partial charge on any atom is 0.130 e. The second kappa shape index (κ2) is 7.22. The van der Waals surface area contributed by atoms with Gasteiger partial charge in [0.2, 0.25) is 0 Å². The molecule has 1 fully saturated rings. The highest BCUT2D eigenvalue weighted by molar-refractivity contribution is 5.54. The van der Waals surface area contributed by atoms with Gasteiger partial charge < -0.3 is 5.32 Å². The maximum absolute atomic E-state index is 13.9. The lowest BCUT2D eigenvalue weighted by Crippen LogP contribution is -2.38. The van der Waals surface area contributed by atoms with Crippen LogP contribution >= 0.6 is 0 Å². The first-order valence-electron chi connectivity index (χ1n) is 8.16. The molecule has 116 valence electrons. The van der Waals surface area contributed by atoms with E-state index in [0.29, 0.717) is 11.5 Å². The summed E-state index contributed by atoms with van der Waals surface area (Å²) in [4.78, 5) is 0. The summed E-state index contributed by atoms with van der Waals surface area (Å²) in [5.74, 6) is 0.481. The highest BCUT2D eigenvalue weighted by Gasteiger charge is 2.20. The minimum atomic E-state index is -0.124. The summed E-state index contributed by atoms with van der Waals surface area (Å²) < 4.78 is 13.9. The highest BCUT2D eigenvalue weighted by Crippen LogP contribution is 2.31. The molecule has 1 N–H and O–H groups in total. The van der Waals surface area contributed by atoms with E-state index < -0.39 is 0 Å². The molecule has 0 spiro atoms. The van der Waals surface area contributed by atoms with Gasteiger partial charge in [-0.1, -0.05) is 49.1 Å². The molecule has 2 rings (SSSR count). The molecule has 21 heavy (non-hydrogen) atoms. The molecule has 0 bridgehead atoms. The van der Waals surface area contributed by atoms with Crippen molar-refractivity contribution in [2.45, 2.75) is 58.4 Å². The fourth-order valence-corrected chi connectivity index (χ4v) is 2.95. The van der Waals surface area contributed by atoms with Crippen molar-refractivity contribution in [1.29, 1.82) is 0 Å². The van der Waals surface area contributed by atoms with Crippen LogP contribution in [0.4, 0.5) is 4.39 Å². The lowest BCUT2D eigenvalue weighted by atomic mass is 9.82. The Morgan fingerprint density at radius 3 is 2.48 bits per heavy atom. The first-order chi connectivity index (χ1) is 9.96. The largest absolute Gasteiger partial charge is 0.308 e. The van der Waals surface area contributed by atoms with Gasteiger partial charge in [0.1, 0.15) is 5.82 Å². The predicted octanol–water partition coefficient (Wildman–Crippen LogP) is 5.18. The molecule has 1 aliphatic rings. The summed E-state index contributed by atoms with van der Waals surface area (Å²) in [6.07, 6.45) is 8.50. The van der Waals surface area contributed by atoms with Gasteiger partial charge in [0.25, 0.3) is 0 Å². The molecule has 1 aromatic carbocycles. The van der Waals surface area contributed by atoms with Crippen LogP contribution in [0.15, 0.2) is 29.8 Å². The third-order valence-electron chi connectivity index (χ3n) is 4.20. The lowest BCUT2D eigenvalue weighted by Gasteiger charge is -2.28. The van der Waals surface area contributed by atoms with Crippen molar-refractivity contribution in [2.24, 2.45) is 5.92 Å². The summed E-state index contributed by atoms with van der Waals surface area (Å²) in [5.41, 5.74) is 2.16. The zero-order valence-electron chi connectivity index (χ0n) is 13.6. The van der Waals surface area contributed by atoms with Crippen molar-refractivity contribution in [3.63, 3.8) is 0 Å². The molecule has 2 heteroatoms. The zero-order chi connectivity index (χ0) is 15.3. The normalized spacial score (nSPS) is 18.0. The Labute approximate surface area is 128 Å². The summed E-state index contributed by atoms with van der Waals surface area (Å²) >= 11 is 0. The van der Waals surface area contributed by atoms with Crippen LogP contribution in [0.1, 0.15) is 58.4 Å². The molecule has 1 saturated carbocycles. The van der Waals surface area contributed by atoms with Crippen LogP contribution in [0.5, 0.6) is 0 Å². The van der Waals surface area contributed by atoms with Gasteiger partial charge in [0.15, 0.2) is 0 Å². The van der Waals surface area contributed by atoms with Crippen molar-refractivity contribution in [3.05, 3.63) is 41.2 Å². The molecule has 0 aromatic heterocycles. The number of hydrogen-bond acceptors (Lipinski definition) is 1. The minimum absolute atomic E-state index is 0.0863. The van der Waals surface area contributed by atoms with Crippen molar-refractivity contribution >= 4 is 6.08 Å². The van der Waals surface area contributed by atoms with E-state index in [4.69, 9.17) is 0 Å². The molecule has 0 radical (unpaired) electrons. The third kappa shape index (κ3) is 5.28. The van der Waals surface area contributed by atoms with E-state index >= 15 is 0 Å². The Morgan fingerprint density at radius 1 is 1.19 bits per heavy atom.